The first-order valence-corrected chi connectivity index (χ1v) is 11.3. The molecule has 11 heteroatoms. The molecule has 2 N–H and O–H groups in total. The van der Waals surface area contributed by atoms with E-state index >= 15 is 0 Å². The summed E-state index contributed by atoms with van der Waals surface area (Å²) in [5, 5.41) is 12.0. The van der Waals surface area contributed by atoms with Crippen molar-refractivity contribution in [1.29, 1.82) is 0 Å². The molecule has 30 heavy (non-hydrogen) atoms. The molecular formula is C19H24N4O6S. The topological polar surface area (TPSA) is 127 Å². The molecule has 1 aromatic rings. The minimum Gasteiger partial charge on any atom is -0.395 e. The molecule has 2 aliphatic heterocycles. The fourth-order valence-electron chi connectivity index (χ4n) is 3.44. The average molecular weight is 436 g/mol. The summed E-state index contributed by atoms with van der Waals surface area (Å²) in [6, 6.07) is 4.56. The number of piperazine rings is 1. The number of hydrogen-bond donors (Lipinski definition) is 2. The summed E-state index contributed by atoms with van der Waals surface area (Å²) in [4.78, 5) is 40.8. The average Bonchev–Trinajstić information content (AvgIpc) is 2.95. The number of benzene rings is 1. The van der Waals surface area contributed by atoms with Crippen LogP contribution in [0.3, 0.4) is 0 Å². The monoisotopic (exact) mass is 436 g/mol. The van der Waals surface area contributed by atoms with Crippen LogP contribution in [0.2, 0.25) is 0 Å². The largest absolute Gasteiger partial charge is 0.395 e. The second kappa shape index (κ2) is 8.44. The Kier molecular flexibility index (Phi) is 6.13. The lowest BCUT2D eigenvalue weighted by molar-refractivity contribution is -0.137. The molecular weight excluding hydrogens is 412 g/mol. The molecule has 2 heterocycles. The van der Waals surface area contributed by atoms with E-state index in [2.05, 4.69) is 5.32 Å². The van der Waals surface area contributed by atoms with Crippen molar-refractivity contribution in [3.8, 4) is 0 Å². The second-order valence-electron chi connectivity index (χ2n) is 7.15. The Hall–Kier alpha value is -2.92. The van der Waals surface area contributed by atoms with Crippen molar-refractivity contribution in [1.82, 2.24) is 9.80 Å². The number of carbonyl (C=O) groups excluding carboxylic acids is 3. The number of anilines is 2. The van der Waals surface area contributed by atoms with E-state index < -0.39 is 21.7 Å². The number of rotatable bonds is 6. The quantitative estimate of drug-likeness (QED) is 0.567. The van der Waals surface area contributed by atoms with Gasteiger partial charge in [-0.05, 0) is 18.2 Å². The highest BCUT2D eigenvalue weighted by Crippen LogP contribution is 2.32. The van der Waals surface area contributed by atoms with Gasteiger partial charge in [0.2, 0.25) is 5.91 Å². The first-order valence-electron chi connectivity index (χ1n) is 9.42. The molecule has 0 radical (unpaired) electrons. The van der Waals surface area contributed by atoms with Gasteiger partial charge in [-0.2, -0.15) is 0 Å². The van der Waals surface area contributed by atoms with Gasteiger partial charge >= 0.3 is 0 Å². The predicted octanol–water partition coefficient (Wildman–Crippen LogP) is -0.584. The van der Waals surface area contributed by atoms with Crippen molar-refractivity contribution >= 4 is 38.9 Å². The summed E-state index contributed by atoms with van der Waals surface area (Å²) in [5.41, 5.74) is 1.03. The second-order valence-corrected chi connectivity index (χ2v) is 9.16. The molecule has 0 aromatic heterocycles. The highest BCUT2D eigenvalue weighted by atomic mass is 32.2. The normalized spacial score (nSPS) is 17.4. The van der Waals surface area contributed by atoms with Gasteiger partial charge in [0, 0.05) is 45.4 Å². The molecule has 0 unspecified atom stereocenters. The van der Waals surface area contributed by atoms with Crippen LogP contribution in [0.5, 0.6) is 0 Å². The standard InChI is InChI=1S/C19H24N4O6S/c1-13(25)21-5-7-22(8-6-21)17-4-3-14(30(2,28)29)11-15(17)20-16-12-18(26)23(9-10-24)19(16)27/h3-4,11-12,20,24H,5-10H2,1-2H3. The Bertz CT molecular complexity index is 1010. The Morgan fingerprint density at radius 2 is 1.83 bits per heavy atom. The van der Waals surface area contributed by atoms with Crippen LogP contribution in [0.15, 0.2) is 34.9 Å². The molecule has 0 atom stereocenters. The van der Waals surface area contributed by atoms with E-state index in [-0.39, 0.29) is 29.7 Å². The van der Waals surface area contributed by atoms with Gasteiger partial charge < -0.3 is 20.2 Å². The van der Waals surface area contributed by atoms with Gasteiger partial charge in [-0.25, -0.2) is 8.42 Å². The number of carbonyl (C=O) groups is 3. The van der Waals surface area contributed by atoms with Gasteiger partial charge in [0.25, 0.3) is 11.8 Å². The van der Waals surface area contributed by atoms with Crippen molar-refractivity contribution in [2.45, 2.75) is 11.8 Å². The van der Waals surface area contributed by atoms with E-state index in [1.165, 1.54) is 19.1 Å². The van der Waals surface area contributed by atoms with E-state index in [9.17, 15) is 22.8 Å². The van der Waals surface area contributed by atoms with Gasteiger partial charge in [0.05, 0.1) is 29.4 Å². The van der Waals surface area contributed by atoms with E-state index in [0.29, 0.717) is 37.6 Å². The number of nitrogens with zero attached hydrogens (tertiary/aromatic N) is 3. The van der Waals surface area contributed by atoms with Gasteiger partial charge in [0.1, 0.15) is 5.70 Å². The molecule has 1 fully saturated rings. The smallest absolute Gasteiger partial charge is 0.277 e. The predicted molar refractivity (Wildman–Crippen MR) is 110 cm³/mol. The first-order chi connectivity index (χ1) is 14.1. The zero-order valence-electron chi connectivity index (χ0n) is 16.8. The van der Waals surface area contributed by atoms with Crippen LogP contribution in [-0.2, 0) is 24.2 Å². The van der Waals surface area contributed by atoms with E-state index in [0.717, 1.165) is 17.2 Å². The molecule has 2 aliphatic rings. The lowest BCUT2D eigenvalue weighted by Gasteiger charge is -2.36. The number of β-amino-alcohol motifs (C(OH)–C–C–N with tert-alkyl or cyclic N) is 1. The molecule has 3 rings (SSSR count). The molecule has 1 saturated heterocycles. The summed E-state index contributed by atoms with van der Waals surface area (Å²) in [6.45, 7) is 3.15. The Balaban J connectivity index is 1.92. The third-order valence-corrected chi connectivity index (χ3v) is 6.17. The molecule has 0 spiro atoms. The van der Waals surface area contributed by atoms with Gasteiger partial charge in [-0.1, -0.05) is 0 Å². The van der Waals surface area contributed by atoms with Crippen molar-refractivity contribution in [2.24, 2.45) is 0 Å². The van der Waals surface area contributed by atoms with Crippen LogP contribution in [0.4, 0.5) is 11.4 Å². The van der Waals surface area contributed by atoms with Gasteiger partial charge in [-0.3, -0.25) is 19.3 Å². The molecule has 162 valence electrons. The number of imide groups is 1. The lowest BCUT2D eigenvalue weighted by Crippen LogP contribution is -2.48. The number of hydrogen-bond acceptors (Lipinski definition) is 8. The lowest BCUT2D eigenvalue weighted by atomic mass is 10.2. The maximum atomic E-state index is 12.5. The van der Waals surface area contributed by atoms with Crippen LogP contribution in [0.1, 0.15) is 6.92 Å². The SMILES string of the molecule is CC(=O)N1CCN(c2ccc(S(C)(=O)=O)cc2NC2=CC(=O)N(CCO)C2=O)CC1. The van der Waals surface area contributed by atoms with E-state index in [1.807, 2.05) is 4.90 Å². The van der Waals surface area contributed by atoms with Crippen molar-refractivity contribution in [3.05, 3.63) is 30.0 Å². The van der Waals surface area contributed by atoms with Crippen molar-refractivity contribution < 1.29 is 27.9 Å². The minimum atomic E-state index is -3.50. The minimum absolute atomic E-state index is 0.00252. The van der Waals surface area contributed by atoms with Crippen LogP contribution in [0, 0.1) is 0 Å². The van der Waals surface area contributed by atoms with Crippen LogP contribution < -0.4 is 10.2 Å². The maximum Gasteiger partial charge on any atom is 0.277 e. The van der Waals surface area contributed by atoms with Crippen LogP contribution in [-0.4, -0.2) is 86.6 Å². The molecule has 0 saturated carbocycles. The maximum absolute atomic E-state index is 12.5. The van der Waals surface area contributed by atoms with Gasteiger partial charge in [-0.15, -0.1) is 0 Å². The van der Waals surface area contributed by atoms with Crippen LogP contribution >= 0.6 is 0 Å². The highest BCUT2D eigenvalue weighted by molar-refractivity contribution is 7.90. The van der Waals surface area contributed by atoms with Crippen molar-refractivity contribution in [3.63, 3.8) is 0 Å². The molecule has 0 aliphatic carbocycles. The highest BCUT2D eigenvalue weighted by Gasteiger charge is 2.31. The fourth-order valence-corrected chi connectivity index (χ4v) is 4.09. The Morgan fingerprint density at radius 3 is 2.40 bits per heavy atom. The number of sulfone groups is 1. The third kappa shape index (κ3) is 4.46. The Morgan fingerprint density at radius 1 is 1.17 bits per heavy atom. The molecule has 3 amide bonds. The zero-order chi connectivity index (χ0) is 22.1. The van der Waals surface area contributed by atoms with Crippen molar-refractivity contribution in [2.75, 3.05) is 55.8 Å². The number of aliphatic hydroxyl groups is 1. The summed E-state index contributed by atoms with van der Waals surface area (Å²) in [6.07, 6.45) is 2.21. The fraction of sp³-hybridized carbons (Fsp3) is 0.421. The summed E-state index contributed by atoms with van der Waals surface area (Å²) < 4.78 is 24.0. The zero-order valence-corrected chi connectivity index (χ0v) is 17.6. The molecule has 1 aromatic carbocycles. The number of amides is 3. The number of nitrogens with one attached hydrogen (secondary N) is 1. The van der Waals surface area contributed by atoms with Gasteiger partial charge in [0.15, 0.2) is 9.84 Å². The Labute approximate surface area is 174 Å². The van der Waals surface area contributed by atoms with E-state index in [4.69, 9.17) is 5.11 Å². The number of aliphatic hydroxyl groups excluding tert-OH is 1. The molecule has 10 nitrogen and oxygen atoms in total. The third-order valence-electron chi connectivity index (χ3n) is 5.06. The molecule has 0 bridgehead atoms. The summed E-state index contributed by atoms with van der Waals surface area (Å²) >= 11 is 0. The van der Waals surface area contributed by atoms with Crippen LogP contribution in [0.25, 0.3) is 0 Å². The van der Waals surface area contributed by atoms with E-state index in [1.54, 1.807) is 11.0 Å². The summed E-state index contributed by atoms with van der Waals surface area (Å²) in [7, 11) is -3.50. The summed E-state index contributed by atoms with van der Waals surface area (Å²) in [5.74, 6) is -1.15. The first kappa shape index (κ1) is 21.8.